The van der Waals surface area contributed by atoms with Crippen molar-refractivity contribution in [3.63, 3.8) is 0 Å². The third-order valence-electron chi connectivity index (χ3n) is 5.19. The topological polar surface area (TPSA) is 90.0 Å². The molecule has 0 N–H and O–H groups in total. The van der Waals surface area contributed by atoms with E-state index in [9.17, 15) is 18.0 Å². The van der Waals surface area contributed by atoms with E-state index in [0.29, 0.717) is 11.3 Å². The fraction of sp³-hybridized carbons (Fsp3) is 0.154. The van der Waals surface area contributed by atoms with Gasteiger partial charge in [0, 0.05) is 5.56 Å². The van der Waals surface area contributed by atoms with E-state index in [1.807, 2.05) is 38.1 Å². The molecule has 0 bridgehead atoms. The third kappa shape index (κ3) is 5.93. The lowest BCUT2D eigenvalue weighted by Crippen LogP contribution is -2.32. The van der Waals surface area contributed by atoms with Gasteiger partial charge in [0.05, 0.1) is 11.4 Å². The molecule has 1 saturated heterocycles. The van der Waals surface area contributed by atoms with Gasteiger partial charge in [0.25, 0.3) is 11.1 Å². The molecule has 180 valence electrons. The van der Waals surface area contributed by atoms with E-state index in [0.717, 1.165) is 27.8 Å². The molecule has 4 rings (SSSR count). The van der Waals surface area contributed by atoms with Crippen LogP contribution in [0.2, 0.25) is 0 Å². The highest BCUT2D eigenvalue weighted by molar-refractivity contribution is 8.18. The number of rotatable bonds is 8. The van der Waals surface area contributed by atoms with E-state index in [1.165, 1.54) is 24.3 Å². The van der Waals surface area contributed by atoms with Crippen LogP contribution in [0.15, 0.2) is 82.6 Å². The Bertz CT molecular complexity index is 1380. The highest BCUT2D eigenvalue weighted by atomic mass is 32.2. The Balaban J connectivity index is 1.47. The maximum Gasteiger partial charge on any atom is 0.339 e. The minimum Gasteiger partial charge on any atom is -0.492 e. The van der Waals surface area contributed by atoms with Crippen LogP contribution < -0.4 is 8.92 Å². The first-order chi connectivity index (χ1) is 16.7. The fourth-order valence-corrected chi connectivity index (χ4v) is 5.08. The highest BCUT2D eigenvalue weighted by Gasteiger charge is 2.35. The molecule has 0 saturated carbocycles. The Morgan fingerprint density at radius 3 is 2.20 bits per heavy atom. The first-order valence-corrected chi connectivity index (χ1v) is 13.0. The molecule has 0 aliphatic carbocycles. The summed E-state index contributed by atoms with van der Waals surface area (Å²) in [5.74, 6) is 0.241. The molecule has 1 aliphatic rings. The van der Waals surface area contributed by atoms with Crippen LogP contribution in [0.5, 0.6) is 11.5 Å². The molecule has 1 fully saturated rings. The smallest absolute Gasteiger partial charge is 0.339 e. The quantitative estimate of drug-likeness (QED) is 0.305. The SMILES string of the molecule is Cc1ccc(OCCN2C(=O)S/C(=C\c3ccccc3OS(=O)(=O)c3ccc(C)cc3)C2=O)cc1. The number of aryl methyl sites for hydroxylation is 2. The molecule has 0 spiro atoms. The Morgan fingerprint density at radius 2 is 1.51 bits per heavy atom. The second kappa shape index (κ2) is 10.4. The summed E-state index contributed by atoms with van der Waals surface area (Å²) in [6.07, 6.45) is 1.46. The van der Waals surface area contributed by atoms with E-state index >= 15 is 0 Å². The molecule has 3 aromatic carbocycles. The molecular formula is C26H23NO6S2. The standard InChI is InChI=1S/C26H23NO6S2/c1-18-7-11-21(12-8-18)32-16-15-27-25(28)24(34-26(27)29)17-20-5-3-4-6-23(20)33-35(30,31)22-13-9-19(2)10-14-22/h3-14,17H,15-16H2,1-2H3/b24-17-. The average molecular weight is 510 g/mol. The van der Waals surface area contributed by atoms with Gasteiger partial charge in [-0.3, -0.25) is 14.5 Å². The van der Waals surface area contributed by atoms with Crippen molar-refractivity contribution in [1.29, 1.82) is 0 Å². The summed E-state index contributed by atoms with van der Waals surface area (Å²) in [6.45, 7) is 4.07. The first-order valence-electron chi connectivity index (χ1n) is 10.8. The Hall–Kier alpha value is -3.56. The number of benzene rings is 3. The number of nitrogens with zero attached hydrogens (tertiary/aromatic N) is 1. The van der Waals surface area contributed by atoms with Crippen molar-refractivity contribution in [3.05, 3.63) is 94.4 Å². The van der Waals surface area contributed by atoms with Crippen LogP contribution in [0.25, 0.3) is 6.08 Å². The summed E-state index contributed by atoms with van der Waals surface area (Å²) in [5.41, 5.74) is 2.39. The van der Waals surface area contributed by atoms with Crippen LogP contribution in [-0.2, 0) is 14.9 Å². The predicted molar refractivity (Wildman–Crippen MR) is 135 cm³/mol. The molecule has 35 heavy (non-hydrogen) atoms. The number of hydrogen-bond donors (Lipinski definition) is 0. The number of carbonyl (C=O) groups excluding carboxylic acids is 2. The Kier molecular flexibility index (Phi) is 7.28. The van der Waals surface area contributed by atoms with Crippen LogP contribution in [-0.4, -0.2) is 37.6 Å². The van der Waals surface area contributed by atoms with Crippen molar-refractivity contribution in [2.45, 2.75) is 18.7 Å². The van der Waals surface area contributed by atoms with Crippen LogP contribution >= 0.6 is 11.8 Å². The summed E-state index contributed by atoms with van der Waals surface area (Å²) >= 11 is 0.787. The van der Waals surface area contributed by atoms with Crippen LogP contribution in [0, 0.1) is 13.8 Å². The van der Waals surface area contributed by atoms with Crippen molar-refractivity contribution in [2.24, 2.45) is 0 Å². The van der Waals surface area contributed by atoms with E-state index in [-0.39, 0.29) is 28.7 Å². The van der Waals surface area contributed by atoms with Gasteiger partial charge in [0.1, 0.15) is 23.0 Å². The lowest BCUT2D eigenvalue weighted by molar-refractivity contribution is -0.123. The van der Waals surface area contributed by atoms with Gasteiger partial charge < -0.3 is 8.92 Å². The molecule has 3 aromatic rings. The normalized spacial score (nSPS) is 15.0. The van der Waals surface area contributed by atoms with Crippen LogP contribution in [0.1, 0.15) is 16.7 Å². The number of thioether (sulfide) groups is 1. The molecular weight excluding hydrogens is 486 g/mol. The summed E-state index contributed by atoms with van der Waals surface area (Å²) in [7, 11) is -4.08. The van der Waals surface area contributed by atoms with Gasteiger partial charge in [-0.2, -0.15) is 8.42 Å². The molecule has 0 unspecified atom stereocenters. The van der Waals surface area contributed by atoms with Crippen LogP contribution in [0.4, 0.5) is 4.79 Å². The second-order valence-electron chi connectivity index (χ2n) is 7.88. The summed E-state index contributed by atoms with van der Waals surface area (Å²) < 4.78 is 36.5. The zero-order chi connectivity index (χ0) is 25.0. The van der Waals surface area contributed by atoms with Gasteiger partial charge in [0.15, 0.2) is 0 Å². The number of hydrogen-bond acceptors (Lipinski definition) is 7. The number of para-hydroxylation sites is 1. The number of amides is 2. The summed E-state index contributed by atoms with van der Waals surface area (Å²) in [6, 6.07) is 20.2. The van der Waals surface area contributed by atoms with E-state index in [2.05, 4.69) is 0 Å². The van der Waals surface area contributed by atoms with Crippen LogP contribution in [0.3, 0.4) is 0 Å². The van der Waals surface area contributed by atoms with Gasteiger partial charge >= 0.3 is 10.1 Å². The van der Waals surface area contributed by atoms with E-state index < -0.39 is 21.3 Å². The van der Waals surface area contributed by atoms with Gasteiger partial charge in [-0.25, -0.2) is 0 Å². The molecule has 1 aliphatic heterocycles. The molecule has 1 heterocycles. The molecule has 9 heteroatoms. The predicted octanol–water partition coefficient (Wildman–Crippen LogP) is 5.19. The molecule has 0 aromatic heterocycles. The molecule has 2 amide bonds. The number of imide groups is 1. The van der Waals surface area contributed by atoms with Gasteiger partial charge in [-0.05, 0) is 62.0 Å². The zero-order valence-electron chi connectivity index (χ0n) is 19.1. The maximum absolute atomic E-state index is 12.9. The summed E-state index contributed by atoms with van der Waals surface area (Å²) in [5, 5.41) is -0.417. The lowest BCUT2D eigenvalue weighted by atomic mass is 10.2. The number of ether oxygens (including phenoxy) is 1. The zero-order valence-corrected chi connectivity index (χ0v) is 20.8. The van der Waals surface area contributed by atoms with Gasteiger partial charge in [-0.15, -0.1) is 0 Å². The van der Waals surface area contributed by atoms with Crippen molar-refractivity contribution >= 4 is 39.1 Å². The first kappa shape index (κ1) is 24.6. The van der Waals surface area contributed by atoms with Crippen molar-refractivity contribution in [3.8, 4) is 11.5 Å². The number of carbonyl (C=O) groups is 2. The van der Waals surface area contributed by atoms with Crippen molar-refractivity contribution in [1.82, 2.24) is 4.90 Å². The highest BCUT2D eigenvalue weighted by Crippen LogP contribution is 2.34. The van der Waals surface area contributed by atoms with E-state index in [1.54, 1.807) is 30.3 Å². The minimum atomic E-state index is -4.08. The molecule has 7 nitrogen and oxygen atoms in total. The Labute approximate surface area is 208 Å². The van der Waals surface area contributed by atoms with Crippen molar-refractivity contribution in [2.75, 3.05) is 13.2 Å². The fourth-order valence-electron chi connectivity index (χ4n) is 3.27. The lowest BCUT2D eigenvalue weighted by Gasteiger charge is -2.13. The van der Waals surface area contributed by atoms with Gasteiger partial charge in [-0.1, -0.05) is 53.6 Å². The summed E-state index contributed by atoms with van der Waals surface area (Å²) in [4.78, 5) is 26.6. The van der Waals surface area contributed by atoms with E-state index in [4.69, 9.17) is 8.92 Å². The maximum atomic E-state index is 12.9. The molecule has 0 radical (unpaired) electrons. The third-order valence-corrected chi connectivity index (χ3v) is 7.35. The van der Waals surface area contributed by atoms with Gasteiger partial charge in [0.2, 0.25) is 0 Å². The second-order valence-corrected chi connectivity index (χ2v) is 10.4. The Morgan fingerprint density at radius 1 is 0.886 bits per heavy atom. The average Bonchev–Trinajstić information content (AvgIpc) is 3.09. The largest absolute Gasteiger partial charge is 0.492 e. The minimum absolute atomic E-state index is 0.0202. The monoisotopic (exact) mass is 509 g/mol. The van der Waals surface area contributed by atoms with Crippen molar-refractivity contribution < 1.29 is 26.9 Å². The molecule has 0 atom stereocenters.